The molecule has 0 saturated carbocycles. The average Bonchev–Trinajstić information content (AvgIpc) is 3.19. The third-order valence-corrected chi connectivity index (χ3v) is 6.57. The molecule has 0 atom stereocenters. The molecule has 2 aromatic carbocycles. The molecule has 0 aliphatic carbocycles. The highest BCUT2D eigenvalue weighted by Crippen LogP contribution is 2.28. The predicted molar refractivity (Wildman–Crippen MR) is 140 cm³/mol. The van der Waals surface area contributed by atoms with Gasteiger partial charge in [-0.1, -0.05) is 59.2 Å². The molecule has 1 aromatic heterocycles. The summed E-state index contributed by atoms with van der Waals surface area (Å²) >= 11 is 10.6. The molecule has 0 radical (unpaired) electrons. The van der Waals surface area contributed by atoms with Crippen molar-refractivity contribution in [3.8, 4) is 0 Å². The Bertz CT molecular complexity index is 1180. The Hall–Kier alpha value is -2.62. The molecule has 3 aromatic rings. The lowest BCUT2D eigenvalue weighted by molar-refractivity contribution is -0.113. The van der Waals surface area contributed by atoms with Gasteiger partial charge in [-0.25, -0.2) is 0 Å². The van der Waals surface area contributed by atoms with Gasteiger partial charge in [-0.05, 0) is 53.9 Å². The van der Waals surface area contributed by atoms with Crippen molar-refractivity contribution in [3.63, 3.8) is 0 Å². The average molecular weight is 563 g/mol. The van der Waals surface area contributed by atoms with Gasteiger partial charge in [-0.15, -0.1) is 16.8 Å². The zero-order valence-electron chi connectivity index (χ0n) is 18.8. The molecule has 2 N–H and O–H groups in total. The summed E-state index contributed by atoms with van der Waals surface area (Å²) in [5, 5.41) is 15.4. The summed E-state index contributed by atoms with van der Waals surface area (Å²) < 4.78 is 2.79. The zero-order chi connectivity index (χ0) is 24.7. The fourth-order valence-corrected chi connectivity index (χ4v) is 4.44. The van der Waals surface area contributed by atoms with Crippen LogP contribution in [0.2, 0.25) is 5.02 Å². The van der Waals surface area contributed by atoms with Crippen LogP contribution in [0.3, 0.4) is 0 Å². The molecular formula is C24H25BrClN5O2S. The molecule has 7 nitrogen and oxygen atoms in total. The molecule has 2 amide bonds. The summed E-state index contributed by atoms with van der Waals surface area (Å²) in [7, 11) is 0. The van der Waals surface area contributed by atoms with E-state index in [0.29, 0.717) is 28.1 Å². The van der Waals surface area contributed by atoms with Gasteiger partial charge in [0, 0.05) is 27.3 Å². The maximum absolute atomic E-state index is 12.6. The van der Waals surface area contributed by atoms with E-state index in [1.165, 1.54) is 11.8 Å². The molecule has 10 heteroatoms. The van der Waals surface area contributed by atoms with Gasteiger partial charge in [0.15, 0.2) is 11.0 Å². The molecule has 178 valence electrons. The second-order valence-corrected chi connectivity index (χ2v) is 10.0. The Labute approximate surface area is 216 Å². The van der Waals surface area contributed by atoms with E-state index in [-0.39, 0.29) is 30.0 Å². The molecule has 0 bridgehead atoms. The number of allylic oxidation sites excluding steroid dienone is 1. The van der Waals surface area contributed by atoms with Crippen LogP contribution in [-0.2, 0) is 17.9 Å². The first-order valence-electron chi connectivity index (χ1n) is 10.6. The van der Waals surface area contributed by atoms with Gasteiger partial charge in [0.05, 0.1) is 12.3 Å². The van der Waals surface area contributed by atoms with Gasteiger partial charge < -0.3 is 15.2 Å². The van der Waals surface area contributed by atoms with Crippen LogP contribution in [0.4, 0.5) is 5.69 Å². The number of amides is 2. The highest BCUT2D eigenvalue weighted by Gasteiger charge is 2.16. The molecule has 0 fully saturated rings. The van der Waals surface area contributed by atoms with Gasteiger partial charge in [0.2, 0.25) is 5.91 Å². The van der Waals surface area contributed by atoms with Crippen LogP contribution in [-0.4, -0.2) is 32.3 Å². The lowest BCUT2D eigenvalue weighted by Crippen LogP contribution is -2.24. The van der Waals surface area contributed by atoms with Crippen molar-refractivity contribution in [1.82, 2.24) is 20.1 Å². The first kappa shape index (κ1) is 26.0. The van der Waals surface area contributed by atoms with Crippen molar-refractivity contribution in [3.05, 3.63) is 81.6 Å². The normalized spacial score (nSPS) is 10.9. The van der Waals surface area contributed by atoms with E-state index < -0.39 is 0 Å². The van der Waals surface area contributed by atoms with Crippen molar-refractivity contribution >= 4 is 56.8 Å². The first-order chi connectivity index (χ1) is 16.3. The lowest BCUT2D eigenvalue weighted by Gasteiger charge is -2.14. The number of carbonyl (C=O) groups excluding carboxylic acids is 2. The Morgan fingerprint density at radius 2 is 1.94 bits per heavy atom. The SMILES string of the molecule is C=CCn1c(CNC(=O)c2ccc(Cl)cc2)nnc1SCC(=O)Nc1ccc(Br)cc1C(C)C. The summed E-state index contributed by atoms with van der Waals surface area (Å²) in [5.74, 6) is 0.621. The van der Waals surface area contributed by atoms with Crippen molar-refractivity contribution in [2.24, 2.45) is 0 Å². The van der Waals surface area contributed by atoms with Gasteiger partial charge >= 0.3 is 0 Å². The van der Waals surface area contributed by atoms with E-state index in [4.69, 9.17) is 11.6 Å². The van der Waals surface area contributed by atoms with Crippen molar-refractivity contribution in [2.45, 2.75) is 38.0 Å². The molecular weight excluding hydrogens is 538 g/mol. The number of benzene rings is 2. The molecule has 0 saturated heterocycles. The highest BCUT2D eigenvalue weighted by atomic mass is 79.9. The van der Waals surface area contributed by atoms with Crippen LogP contribution in [0.1, 0.15) is 41.5 Å². The number of nitrogens with zero attached hydrogens (tertiary/aromatic N) is 3. The van der Waals surface area contributed by atoms with Gasteiger partial charge in [0.1, 0.15) is 0 Å². The maximum Gasteiger partial charge on any atom is 0.251 e. The van der Waals surface area contributed by atoms with Crippen LogP contribution in [0.25, 0.3) is 0 Å². The van der Waals surface area contributed by atoms with E-state index >= 15 is 0 Å². The predicted octanol–water partition coefficient (Wildman–Crippen LogP) is 5.66. The largest absolute Gasteiger partial charge is 0.345 e. The van der Waals surface area contributed by atoms with E-state index in [0.717, 1.165) is 15.7 Å². The minimum atomic E-state index is -0.242. The molecule has 0 aliphatic heterocycles. The number of carbonyl (C=O) groups is 2. The summed E-state index contributed by atoms with van der Waals surface area (Å²) in [6, 6.07) is 12.4. The quantitative estimate of drug-likeness (QED) is 0.246. The number of anilines is 1. The fourth-order valence-electron chi connectivity index (χ4n) is 3.17. The standard InChI is InChI=1S/C24H25BrClN5O2S/c1-4-11-31-21(13-27-23(33)16-5-8-18(26)9-6-16)29-30-24(31)34-14-22(32)28-20-10-7-17(25)12-19(20)15(2)3/h4-10,12,15H,1,11,13-14H2,2-3H3,(H,27,33)(H,28,32). The summed E-state index contributed by atoms with van der Waals surface area (Å²) in [6.45, 7) is 8.58. The van der Waals surface area contributed by atoms with E-state index in [2.05, 4.69) is 57.2 Å². The van der Waals surface area contributed by atoms with Crippen LogP contribution in [0.15, 0.2) is 64.7 Å². The summed E-state index contributed by atoms with van der Waals surface area (Å²) in [6.07, 6.45) is 1.72. The molecule has 0 aliphatic rings. The molecule has 0 spiro atoms. The number of hydrogen-bond donors (Lipinski definition) is 2. The first-order valence-corrected chi connectivity index (χ1v) is 12.7. The third-order valence-electron chi connectivity index (χ3n) is 4.86. The van der Waals surface area contributed by atoms with E-state index in [1.54, 1.807) is 30.3 Å². The van der Waals surface area contributed by atoms with Crippen LogP contribution in [0.5, 0.6) is 0 Å². The lowest BCUT2D eigenvalue weighted by atomic mass is 10.0. The zero-order valence-corrected chi connectivity index (χ0v) is 22.0. The van der Waals surface area contributed by atoms with Crippen molar-refractivity contribution in [1.29, 1.82) is 0 Å². The number of halogens is 2. The number of nitrogens with one attached hydrogen (secondary N) is 2. The van der Waals surface area contributed by atoms with Gasteiger partial charge in [-0.3, -0.25) is 9.59 Å². The second kappa shape index (κ2) is 12.2. The molecule has 1 heterocycles. The van der Waals surface area contributed by atoms with E-state index in [1.807, 2.05) is 22.8 Å². The van der Waals surface area contributed by atoms with Crippen LogP contribution in [0, 0.1) is 0 Å². The van der Waals surface area contributed by atoms with E-state index in [9.17, 15) is 9.59 Å². The minimum Gasteiger partial charge on any atom is -0.345 e. The molecule has 3 rings (SSSR count). The number of thioether (sulfide) groups is 1. The summed E-state index contributed by atoms with van der Waals surface area (Å²) in [4.78, 5) is 25.0. The second-order valence-electron chi connectivity index (χ2n) is 7.71. The topological polar surface area (TPSA) is 88.9 Å². The van der Waals surface area contributed by atoms with Gasteiger partial charge in [-0.2, -0.15) is 0 Å². The minimum absolute atomic E-state index is 0.139. The van der Waals surface area contributed by atoms with Crippen LogP contribution < -0.4 is 10.6 Å². The smallest absolute Gasteiger partial charge is 0.251 e. The van der Waals surface area contributed by atoms with Gasteiger partial charge in [0.25, 0.3) is 5.91 Å². The number of aromatic nitrogens is 3. The van der Waals surface area contributed by atoms with Crippen LogP contribution >= 0.6 is 39.3 Å². The molecule has 0 unspecified atom stereocenters. The van der Waals surface area contributed by atoms with Crippen molar-refractivity contribution in [2.75, 3.05) is 11.1 Å². The third kappa shape index (κ3) is 6.94. The number of rotatable bonds is 10. The summed E-state index contributed by atoms with van der Waals surface area (Å²) in [5.41, 5.74) is 2.35. The highest BCUT2D eigenvalue weighted by molar-refractivity contribution is 9.10. The fraction of sp³-hybridized carbons (Fsp3) is 0.250. The Balaban J connectivity index is 1.63. The Kier molecular flexibility index (Phi) is 9.32. The Morgan fingerprint density at radius 3 is 2.62 bits per heavy atom. The number of hydrogen-bond acceptors (Lipinski definition) is 5. The van der Waals surface area contributed by atoms with Crippen molar-refractivity contribution < 1.29 is 9.59 Å². The molecule has 34 heavy (non-hydrogen) atoms. The maximum atomic E-state index is 12.6. The monoisotopic (exact) mass is 561 g/mol. The Morgan fingerprint density at radius 1 is 1.21 bits per heavy atom.